The molecule has 6 nitrogen and oxygen atoms in total. The van der Waals surface area contributed by atoms with Gasteiger partial charge in [0, 0.05) is 31.3 Å². The second-order valence-electron chi connectivity index (χ2n) is 8.82. The van der Waals surface area contributed by atoms with Gasteiger partial charge < -0.3 is 13.9 Å². The van der Waals surface area contributed by atoms with Crippen molar-refractivity contribution in [2.75, 3.05) is 25.4 Å². The standard InChI is InChI=1S/C22H23F4N5OS/c1-13-18(32-12-27-13)19-28-29-20(30(19)2)33-7-3-6-31-10-15-9-21(15,11-31)14-4-5-17(23)16(8-14)22(24,25)26/h4-5,8,12,15H,3,6-7,9-11H2,1-2H3/t15-,21+/m0/s1. The first-order valence-electron chi connectivity index (χ1n) is 10.7. The van der Waals surface area contributed by atoms with E-state index in [1.807, 2.05) is 18.5 Å². The number of rotatable bonds is 7. The molecule has 0 N–H and O–H groups in total. The molecular formula is C22H23F4N5OS. The molecule has 2 aliphatic rings. The normalized spacial score (nSPS) is 22.7. The Balaban J connectivity index is 1.16. The Kier molecular flexibility index (Phi) is 5.51. The maximum absolute atomic E-state index is 13.7. The molecule has 1 aliphatic heterocycles. The van der Waals surface area contributed by atoms with E-state index in [0.717, 1.165) is 54.7 Å². The molecule has 1 aliphatic carbocycles. The fraction of sp³-hybridized carbons (Fsp3) is 0.500. The zero-order valence-electron chi connectivity index (χ0n) is 18.2. The lowest BCUT2D eigenvalue weighted by atomic mass is 9.93. The summed E-state index contributed by atoms with van der Waals surface area (Å²) in [5.74, 6) is 1.20. The van der Waals surface area contributed by atoms with Crippen LogP contribution in [0.5, 0.6) is 0 Å². The van der Waals surface area contributed by atoms with E-state index in [4.69, 9.17) is 4.42 Å². The number of aryl methyl sites for hydroxylation is 1. The van der Waals surface area contributed by atoms with Gasteiger partial charge in [0.2, 0.25) is 5.82 Å². The quantitative estimate of drug-likeness (QED) is 0.277. The van der Waals surface area contributed by atoms with Crippen molar-refractivity contribution in [3.63, 3.8) is 0 Å². The minimum absolute atomic E-state index is 0.270. The molecule has 176 valence electrons. The Labute approximate surface area is 192 Å². The summed E-state index contributed by atoms with van der Waals surface area (Å²) in [6.07, 6.45) is -1.52. The van der Waals surface area contributed by atoms with Gasteiger partial charge in [-0.25, -0.2) is 9.37 Å². The molecule has 33 heavy (non-hydrogen) atoms. The van der Waals surface area contributed by atoms with Gasteiger partial charge in [0.1, 0.15) is 5.82 Å². The van der Waals surface area contributed by atoms with Crippen LogP contribution in [-0.4, -0.2) is 50.0 Å². The van der Waals surface area contributed by atoms with Crippen LogP contribution in [0.2, 0.25) is 0 Å². The molecule has 0 amide bonds. The zero-order chi connectivity index (χ0) is 23.4. The molecule has 1 saturated carbocycles. The fourth-order valence-electron chi connectivity index (χ4n) is 4.86. The van der Waals surface area contributed by atoms with Gasteiger partial charge in [0.05, 0.1) is 11.3 Å². The Morgan fingerprint density at radius 2 is 2.09 bits per heavy atom. The lowest BCUT2D eigenvalue weighted by Gasteiger charge is -2.21. The van der Waals surface area contributed by atoms with Gasteiger partial charge in [0.25, 0.3) is 0 Å². The molecule has 0 spiro atoms. The lowest BCUT2D eigenvalue weighted by molar-refractivity contribution is -0.140. The molecule has 2 aromatic heterocycles. The molecule has 3 heterocycles. The smallest absolute Gasteiger partial charge is 0.419 e. The molecular weight excluding hydrogens is 458 g/mol. The summed E-state index contributed by atoms with van der Waals surface area (Å²) in [7, 11) is 1.88. The van der Waals surface area contributed by atoms with E-state index in [0.29, 0.717) is 29.6 Å². The average molecular weight is 482 g/mol. The number of hydrogen-bond donors (Lipinski definition) is 0. The Morgan fingerprint density at radius 1 is 1.27 bits per heavy atom. The molecule has 1 saturated heterocycles. The van der Waals surface area contributed by atoms with Gasteiger partial charge in [-0.3, -0.25) is 0 Å². The number of thioether (sulfide) groups is 1. The van der Waals surface area contributed by atoms with E-state index >= 15 is 0 Å². The number of hydrogen-bond acceptors (Lipinski definition) is 6. The SMILES string of the molecule is Cc1ncoc1-c1nnc(SCCCN2C[C@@H]3C[C@]3(c3ccc(F)c(C(F)(F)F)c3)C2)n1C. The maximum Gasteiger partial charge on any atom is 0.419 e. The van der Waals surface area contributed by atoms with Gasteiger partial charge in [0.15, 0.2) is 17.3 Å². The van der Waals surface area contributed by atoms with E-state index in [9.17, 15) is 17.6 Å². The second kappa shape index (κ2) is 8.12. The Bertz CT molecular complexity index is 1180. The monoisotopic (exact) mass is 481 g/mol. The van der Waals surface area contributed by atoms with Crippen molar-refractivity contribution in [1.82, 2.24) is 24.6 Å². The number of halogens is 4. The summed E-state index contributed by atoms with van der Waals surface area (Å²) < 4.78 is 60.4. The van der Waals surface area contributed by atoms with Crippen molar-refractivity contribution in [2.45, 2.75) is 36.5 Å². The predicted molar refractivity (Wildman–Crippen MR) is 114 cm³/mol. The first kappa shape index (κ1) is 22.4. The first-order chi connectivity index (χ1) is 15.7. The third-order valence-corrected chi connectivity index (χ3v) is 7.80. The highest BCUT2D eigenvalue weighted by molar-refractivity contribution is 7.99. The third kappa shape index (κ3) is 4.05. The minimum atomic E-state index is -4.68. The highest BCUT2D eigenvalue weighted by Crippen LogP contribution is 2.59. The van der Waals surface area contributed by atoms with Crippen molar-refractivity contribution >= 4 is 11.8 Å². The Morgan fingerprint density at radius 3 is 2.82 bits per heavy atom. The third-order valence-electron chi connectivity index (χ3n) is 6.70. The first-order valence-corrected chi connectivity index (χ1v) is 11.7. The van der Waals surface area contributed by atoms with Gasteiger partial charge in [-0.1, -0.05) is 17.8 Å². The lowest BCUT2D eigenvalue weighted by Crippen LogP contribution is -2.28. The molecule has 0 bridgehead atoms. The van der Waals surface area contributed by atoms with Crippen LogP contribution in [0.15, 0.2) is 34.2 Å². The van der Waals surface area contributed by atoms with Crippen molar-refractivity contribution in [3.05, 3.63) is 47.2 Å². The number of fused-ring (bicyclic) bond motifs is 1. The zero-order valence-corrected chi connectivity index (χ0v) is 19.0. The van der Waals surface area contributed by atoms with Crippen molar-refractivity contribution in [1.29, 1.82) is 0 Å². The number of nitrogens with zero attached hydrogens (tertiary/aromatic N) is 5. The molecule has 5 rings (SSSR count). The van der Waals surface area contributed by atoms with Gasteiger partial charge in [-0.05, 0) is 49.9 Å². The van der Waals surface area contributed by atoms with E-state index in [1.54, 1.807) is 11.8 Å². The number of piperidine rings is 1. The molecule has 2 atom stereocenters. The van der Waals surface area contributed by atoms with E-state index in [2.05, 4.69) is 20.1 Å². The number of benzene rings is 1. The van der Waals surface area contributed by atoms with Crippen LogP contribution in [0.1, 0.15) is 29.7 Å². The minimum Gasteiger partial charge on any atom is -0.440 e. The fourth-order valence-corrected chi connectivity index (χ4v) is 5.70. The second-order valence-corrected chi connectivity index (χ2v) is 9.88. The summed E-state index contributed by atoms with van der Waals surface area (Å²) in [5, 5.41) is 9.23. The van der Waals surface area contributed by atoms with Crippen LogP contribution >= 0.6 is 11.8 Å². The summed E-state index contributed by atoms with van der Waals surface area (Å²) in [4.78, 5) is 6.38. The molecule has 0 unspecified atom stereocenters. The largest absolute Gasteiger partial charge is 0.440 e. The molecule has 0 radical (unpaired) electrons. The van der Waals surface area contributed by atoms with Crippen LogP contribution in [0.25, 0.3) is 11.6 Å². The topological polar surface area (TPSA) is 60.0 Å². The highest BCUT2D eigenvalue weighted by Gasteiger charge is 2.60. The summed E-state index contributed by atoms with van der Waals surface area (Å²) >= 11 is 1.60. The number of aromatic nitrogens is 4. The number of oxazole rings is 1. The predicted octanol–water partition coefficient (Wildman–Crippen LogP) is 4.69. The van der Waals surface area contributed by atoms with Crippen molar-refractivity contribution < 1.29 is 22.0 Å². The van der Waals surface area contributed by atoms with Crippen LogP contribution in [0.3, 0.4) is 0 Å². The van der Waals surface area contributed by atoms with Gasteiger partial charge in [-0.2, -0.15) is 13.2 Å². The summed E-state index contributed by atoms with van der Waals surface area (Å²) in [5.41, 5.74) is -0.0770. The molecule has 1 aromatic carbocycles. The summed E-state index contributed by atoms with van der Waals surface area (Å²) in [6.45, 7) is 4.28. The van der Waals surface area contributed by atoms with E-state index in [-0.39, 0.29) is 5.41 Å². The molecule has 11 heteroatoms. The van der Waals surface area contributed by atoms with Crippen LogP contribution in [0, 0.1) is 18.7 Å². The van der Waals surface area contributed by atoms with Crippen molar-refractivity contribution in [2.24, 2.45) is 13.0 Å². The summed E-state index contributed by atoms with van der Waals surface area (Å²) in [6, 6.07) is 3.49. The van der Waals surface area contributed by atoms with E-state index < -0.39 is 17.6 Å². The van der Waals surface area contributed by atoms with Gasteiger partial charge >= 0.3 is 6.18 Å². The van der Waals surface area contributed by atoms with Crippen LogP contribution < -0.4 is 0 Å². The molecule has 3 aromatic rings. The highest BCUT2D eigenvalue weighted by atomic mass is 32.2. The maximum atomic E-state index is 13.7. The molecule has 2 fully saturated rings. The van der Waals surface area contributed by atoms with Crippen LogP contribution in [0.4, 0.5) is 17.6 Å². The number of likely N-dealkylation sites (tertiary alicyclic amines) is 1. The van der Waals surface area contributed by atoms with Crippen molar-refractivity contribution in [3.8, 4) is 11.6 Å². The van der Waals surface area contributed by atoms with Gasteiger partial charge in [-0.15, -0.1) is 10.2 Å². The average Bonchev–Trinajstić information content (AvgIpc) is 3.06. The van der Waals surface area contributed by atoms with Crippen LogP contribution in [-0.2, 0) is 18.6 Å². The van der Waals surface area contributed by atoms with E-state index in [1.165, 1.54) is 12.5 Å². The Hall–Kier alpha value is -2.40. The number of alkyl halides is 3.